The van der Waals surface area contributed by atoms with Gasteiger partial charge in [0, 0.05) is 6.42 Å². The highest BCUT2D eigenvalue weighted by Gasteiger charge is 2.29. The Morgan fingerprint density at radius 3 is 2.53 bits per heavy atom. The summed E-state index contributed by atoms with van der Waals surface area (Å²) in [6, 6.07) is 8.35. The number of alkyl halides is 3. The van der Waals surface area contributed by atoms with E-state index in [0.29, 0.717) is 0 Å². The van der Waals surface area contributed by atoms with Gasteiger partial charge < -0.3 is 10.1 Å². The lowest BCUT2D eigenvalue weighted by molar-refractivity contribution is 0.121. The van der Waals surface area contributed by atoms with Crippen LogP contribution in [0.2, 0.25) is 0 Å². The average Bonchev–Trinajstić information content (AvgIpc) is 2.38. The first kappa shape index (κ1) is 16.1. The Kier molecular flexibility index (Phi) is 6.42. The summed E-state index contributed by atoms with van der Waals surface area (Å²) in [5, 5.41) is 2.47. The Bertz CT molecular complexity index is 425. The van der Waals surface area contributed by atoms with Gasteiger partial charge in [0.15, 0.2) is 0 Å². The normalized spacial score (nSPS) is 12.6. The molecule has 1 N–H and O–H groups in total. The van der Waals surface area contributed by atoms with Gasteiger partial charge in [-0.1, -0.05) is 53.5 Å². The fourth-order valence-corrected chi connectivity index (χ4v) is 1.55. The molecular weight excluding hydrogens is 312 g/mol. The maximum Gasteiger partial charge on any atom is 0.410 e. The minimum atomic E-state index is -1.81. The van der Waals surface area contributed by atoms with Gasteiger partial charge in [0.25, 0.3) is 4.52 Å². The van der Waals surface area contributed by atoms with Gasteiger partial charge in [-0.05, 0) is 5.56 Å². The maximum atomic E-state index is 11.6. The molecule has 7 heteroatoms. The third kappa shape index (κ3) is 5.68. The minimum Gasteiger partial charge on any atom is -0.411 e. The van der Waals surface area contributed by atoms with Crippen LogP contribution in [-0.4, -0.2) is 22.8 Å². The molecule has 4 nitrogen and oxygen atoms in total. The Labute approximate surface area is 126 Å². The van der Waals surface area contributed by atoms with Crippen molar-refractivity contribution in [1.82, 2.24) is 5.32 Å². The monoisotopic (exact) mass is 322 g/mol. The topological polar surface area (TPSA) is 55.4 Å². The quantitative estimate of drug-likeness (QED) is 0.817. The first-order valence-corrected chi connectivity index (χ1v) is 6.61. The van der Waals surface area contributed by atoms with Gasteiger partial charge in [-0.2, -0.15) is 0 Å². The molecule has 1 amide bonds. The zero-order valence-electron chi connectivity index (χ0n) is 9.74. The summed E-state index contributed by atoms with van der Waals surface area (Å²) in [5.41, 5.74) is 0.739. The molecule has 0 bridgehead atoms. The Hall–Kier alpha value is -0.970. The molecule has 0 saturated carbocycles. The van der Waals surface area contributed by atoms with Gasteiger partial charge in [-0.3, -0.25) is 4.79 Å². The summed E-state index contributed by atoms with van der Waals surface area (Å²) in [4.78, 5) is 22.1. The summed E-state index contributed by atoms with van der Waals surface area (Å²) in [5.74, 6) is -0.278. The highest BCUT2D eigenvalue weighted by molar-refractivity contribution is 6.50. The van der Waals surface area contributed by atoms with E-state index in [9.17, 15) is 9.59 Å². The molecular formula is C12H11Cl3NO3. The summed E-state index contributed by atoms with van der Waals surface area (Å²) >= 11 is 16.6. The number of rotatable bonds is 6. The van der Waals surface area contributed by atoms with Gasteiger partial charge in [-0.15, -0.1) is 11.6 Å². The molecule has 1 aromatic rings. The summed E-state index contributed by atoms with van der Waals surface area (Å²) < 4.78 is 2.90. The zero-order valence-corrected chi connectivity index (χ0v) is 12.0. The lowest BCUT2D eigenvalue weighted by atomic mass is 10.1. The zero-order chi connectivity index (χ0) is 14.3. The van der Waals surface area contributed by atoms with Crippen molar-refractivity contribution in [3.8, 4) is 0 Å². The van der Waals surface area contributed by atoms with Crippen molar-refractivity contribution >= 4 is 47.2 Å². The van der Waals surface area contributed by atoms with Crippen LogP contribution in [0, 0.1) is 0 Å². The number of halogens is 3. The third-order valence-corrected chi connectivity index (χ3v) is 3.25. The van der Waals surface area contributed by atoms with E-state index in [1.54, 1.807) is 30.6 Å². The average molecular weight is 324 g/mol. The highest BCUT2D eigenvalue weighted by atomic mass is 35.5. The summed E-state index contributed by atoms with van der Waals surface area (Å²) in [7, 11) is 0. The van der Waals surface area contributed by atoms with Gasteiger partial charge in [-0.25, -0.2) is 4.79 Å². The number of carbonyl (C=O) groups is 1. The van der Waals surface area contributed by atoms with E-state index in [2.05, 4.69) is 5.32 Å². The number of hydrogen-bond donors (Lipinski definition) is 1. The molecule has 19 heavy (non-hydrogen) atoms. The fraction of sp³-hybridized carbons (Fsp3) is 0.333. The lowest BCUT2D eigenvalue weighted by Crippen LogP contribution is -2.35. The number of ether oxygens (including phenoxy) is 1. The molecule has 0 spiro atoms. The molecule has 103 valence electrons. The molecule has 0 aliphatic rings. The molecule has 0 aliphatic carbocycles. The lowest BCUT2D eigenvalue weighted by Gasteiger charge is -2.21. The number of carbonyl (C=O) groups excluding carboxylic acids is 2. The van der Waals surface area contributed by atoms with E-state index >= 15 is 0 Å². The molecule has 1 unspecified atom stereocenters. The number of benzene rings is 1. The summed E-state index contributed by atoms with van der Waals surface area (Å²) in [6.45, 7) is 0. The van der Waals surface area contributed by atoms with E-state index < -0.39 is 16.7 Å². The standard InChI is InChI=1S/C12H11Cl3NO3/c13-8-12(14,15)19-11(18)16-10(6-7-17)9-4-2-1-3-5-9/h1-5,10H,6,8H2,(H,16,18). The smallest absolute Gasteiger partial charge is 0.410 e. The van der Waals surface area contributed by atoms with Gasteiger partial charge in [0.05, 0.1) is 11.9 Å². The first-order valence-electron chi connectivity index (χ1n) is 5.32. The van der Waals surface area contributed by atoms with E-state index in [1.165, 1.54) is 0 Å². The van der Waals surface area contributed by atoms with Crippen LogP contribution in [-0.2, 0) is 9.53 Å². The predicted molar refractivity (Wildman–Crippen MR) is 74.3 cm³/mol. The van der Waals surface area contributed by atoms with E-state index in [-0.39, 0.29) is 12.3 Å². The number of amides is 1. The van der Waals surface area contributed by atoms with Crippen LogP contribution in [0.3, 0.4) is 0 Å². The van der Waals surface area contributed by atoms with E-state index in [0.717, 1.165) is 5.56 Å². The molecule has 0 aromatic heterocycles. The predicted octanol–water partition coefficient (Wildman–Crippen LogP) is 3.32. The van der Waals surface area contributed by atoms with Crippen molar-refractivity contribution in [2.45, 2.75) is 17.0 Å². The van der Waals surface area contributed by atoms with Crippen LogP contribution >= 0.6 is 34.8 Å². The minimum absolute atomic E-state index is 0.0163. The Morgan fingerprint density at radius 1 is 1.37 bits per heavy atom. The number of alkyl carbamates (subject to hydrolysis) is 1. The summed E-state index contributed by atoms with van der Waals surface area (Å²) in [6.07, 6.45) is 0.854. The largest absolute Gasteiger partial charge is 0.411 e. The van der Waals surface area contributed by atoms with Gasteiger partial charge in [0.2, 0.25) is 6.29 Å². The first-order chi connectivity index (χ1) is 8.98. The van der Waals surface area contributed by atoms with Crippen LogP contribution in [0.4, 0.5) is 4.79 Å². The van der Waals surface area contributed by atoms with Crippen molar-refractivity contribution in [1.29, 1.82) is 0 Å². The number of hydrogen-bond acceptors (Lipinski definition) is 3. The van der Waals surface area contributed by atoms with Crippen molar-refractivity contribution in [3.05, 3.63) is 35.9 Å². The fourth-order valence-electron chi connectivity index (χ4n) is 1.36. The second-order valence-corrected chi connectivity index (χ2v) is 5.30. The molecule has 1 radical (unpaired) electrons. The number of nitrogens with one attached hydrogen (secondary N) is 1. The molecule has 1 atom stereocenters. The van der Waals surface area contributed by atoms with Crippen molar-refractivity contribution in [2.75, 3.05) is 5.88 Å². The van der Waals surface area contributed by atoms with Crippen LogP contribution in [0.1, 0.15) is 18.0 Å². The van der Waals surface area contributed by atoms with Crippen LogP contribution in [0.5, 0.6) is 0 Å². The Morgan fingerprint density at radius 2 is 2.00 bits per heavy atom. The van der Waals surface area contributed by atoms with E-state index in [4.69, 9.17) is 39.5 Å². The molecule has 1 rings (SSSR count). The molecule has 1 aromatic carbocycles. The molecule has 0 heterocycles. The Balaban J connectivity index is 2.69. The van der Waals surface area contributed by atoms with Crippen LogP contribution in [0.25, 0.3) is 0 Å². The van der Waals surface area contributed by atoms with Gasteiger partial charge >= 0.3 is 6.09 Å². The van der Waals surface area contributed by atoms with Gasteiger partial charge in [0.1, 0.15) is 0 Å². The second kappa shape index (κ2) is 7.58. The van der Waals surface area contributed by atoms with Crippen molar-refractivity contribution in [3.63, 3.8) is 0 Å². The molecule has 0 fully saturated rings. The second-order valence-electron chi connectivity index (χ2n) is 3.62. The molecule has 0 saturated heterocycles. The molecule has 0 aliphatic heterocycles. The van der Waals surface area contributed by atoms with Crippen molar-refractivity contribution < 1.29 is 14.3 Å². The maximum absolute atomic E-state index is 11.6. The SMILES string of the molecule is O=[C]CC(NC(=O)OC(Cl)(Cl)CCl)c1ccccc1. The third-order valence-electron chi connectivity index (χ3n) is 2.18. The van der Waals surface area contributed by atoms with E-state index in [1.807, 2.05) is 6.07 Å². The highest BCUT2D eigenvalue weighted by Crippen LogP contribution is 2.25. The van der Waals surface area contributed by atoms with Crippen molar-refractivity contribution in [2.24, 2.45) is 0 Å². The van der Waals surface area contributed by atoms with Crippen LogP contribution in [0.15, 0.2) is 30.3 Å². The van der Waals surface area contributed by atoms with Crippen LogP contribution < -0.4 is 5.32 Å².